The molecular weight excluding hydrogens is 146 g/mol. The summed E-state index contributed by atoms with van der Waals surface area (Å²) in [4.78, 5) is 2.15. The van der Waals surface area contributed by atoms with Gasteiger partial charge in [0.15, 0.2) is 0 Å². The van der Waals surface area contributed by atoms with E-state index in [1.54, 1.807) is 0 Å². The molecule has 0 bridgehead atoms. The molecule has 0 aromatic rings. The zero-order valence-corrected chi connectivity index (χ0v) is 8.68. The Morgan fingerprint density at radius 3 is 2.25 bits per heavy atom. The molecule has 0 heterocycles. The minimum atomic E-state index is 1.16. The average Bonchev–Trinajstić information content (AvgIpc) is 2.10. The molecule has 0 radical (unpaired) electrons. The van der Waals surface area contributed by atoms with Crippen LogP contribution in [0.3, 0.4) is 0 Å². The molecule has 0 unspecified atom stereocenters. The van der Waals surface area contributed by atoms with Crippen molar-refractivity contribution in [1.29, 1.82) is 0 Å². The van der Waals surface area contributed by atoms with Crippen molar-refractivity contribution < 1.29 is 0 Å². The molecule has 0 aromatic heterocycles. The average molecular weight is 169 g/mol. The van der Waals surface area contributed by atoms with Crippen LogP contribution in [-0.2, 0) is 0 Å². The molecule has 0 aliphatic rings. The third-order valence-electron chi connectivity index (χ3n) is 2.18. The highest BCUT2D eigenvalue weighted by molar-refractivity contribution is 4.65. The Morgan fingerprint density at radius 2 is 1.67 bits per heavy atom. The molecule has 1 heteroatoms. The number of rotatable bonds is 8. The van der Waals surface area contributed by atoms with Gasteiger partial charge in [-0.2, -0.15) is 0 Å². The molecule has 1 nitrogen and oxygen atoms in total. The number of unbranched alkanes of at least 4 members (excludes halogenated alkanes) is 5. The van der Waals surface area contributed by atoms with Crippen molar-refractivity contribution >= 4 is 0 Å². The van der Waals surface area contributed by atoms with Crippen molar-refractivity contribution in [2.45, 2.75) is 45.4 Å². The Hall–Kier alpha value is -0.460. The largest absolute Gasteiger partial charge is 0.381 e. The highest BCUT2D eigenvalue weighted by Crippen LogP contribution is 2.05. The molecule has 0 aromatic carbocycles. The highest BCUT2D eigenvalue weighted by Gasteiger charge is 1.91. The lowest BCUT2D eigenvalue weighted by Gasteiger charge is -2.12. The Labute approximate surface area is 77.5 Å². The van der Waals surface area contributed by atoms with E-state index in [2.05, 4.69) is 25.5 Å². The third-order valence-corrected chi connectivity index (χ3v) is 2.18. The van der Waals surface area contributed by atoms with Crippen LogP contribution in [0.1, 0.15) is 45.4 Å². The smallest absolute Gasteiger partial charge is 0.0169 e. The Balaban J connectivity index is 2.95. The molecular formula is C11H23N. The second-order valence-corrected chi connectivity index (χ2v) is 3.43. The lowest BCUT2D eigenvalue weighted by molar-refractivity contribution is 0.430. The first-order chi connectivity index (χ1) is 5.81. The quantitative estimate of drug-likeness (QED) is 0.503. The van der Waals surface area contributed by atoms with Crippen LogP contribution >= 0.6 is 0 Å². The molecule has 0 atom stereocenters. The van der Waals surface area contributed by atoms with Crippen molar-refractivity contribution in [2.75, 3.05) is 13.6 Å². The summed E-state index contributed by atoms with van der Waals surface area (Å²) in [5, 5.41) is 0. The first-order valence-corrected chi connectivity index (χ1v) is 5.14. The SMILES string of the molecule is C=CN(C)CCCCCCCC. The van der Waals surface area contributed by atoms with Crippen LogP contribution in [0.2, 0.25) is 0 Å². The van der Waals surface area contributed by atoms with Gasteiger partial charge in [0.05, 0.1) is 0 Å². The predicted molar refractivity (Wildman–Crippen MR) is 56.2 cm³/mol. The first-order valence-electron chi connectivity index (χ1n) is 5.14. The van der Waals surface area contributed by atoms with E-state index >= 15 is 0 Å². The molecule has 0 fully saturated rings. The van der Waals surface area contributed by atoms with Gasteiger partial charge in [-0.25, -0.2) is 0 Å². The van der Waals surface area contributed by atoms with E-state index in [0.717, 1.165) is 6.54 Å². The number of hydrogen-bond acceptors (Lipinski definition) is 1. The Morgan fingerprint density at radius 1 is 1.08 bits per heavy atom. The normalized spacial score (nSPS) is 9.83. The van der Waals surface area contributed by atoms with Crippen molar-refractivity contribution in [3.05, 3.63) is 12.8 Å². The maximum atomic E-state index is 3.71. The summed E-state index contributed by atoms with van der Waals surface area (Å²) < 4.78 is 0. The fourth-order valence-corrected chi connectivity index (χ4v) is 1.23. The molecule has 0 rings (SSSR count). The van der Waals surface area contributed by atoms with Crippen LogP contribution in [0, 0.1) is 0 Å². The second kappa shape index (κ2) is 8.63. The Kier molecular flexibility index (Phi) is 8.30. The van der Waals surface area contributed by atoms with E-state index in [-0.39, 0.29) is 0 Å². The van der Waals surface area contributed by atoms with Gasteiger partial charge < -0.3 is 4.90 Å². The molecule has 72 valence electrons. The molecule has 0 amide bonds. The summed E-state index contributed by atoms with van der Waals surface area (Å²) in [6.07, 6.45) is 10.1. The molecule has 0 saturated heterocycles. The summed E-state index contributed by atoms with van der Waals surface area (Å²) in [6, 6.07) is 0. The van der Waals surface area contributed by atoms with E-state index in [0.29, 0.717) is 0 Å². The topological polar surface area (TPSA) is 3.24 Å². The van der Waals surface area contributed by atoms with Gasteiger partial charge in [-0.3, -0.25) is 0 Å². The second-order valence-electron chi connectivity index (χ2n) is 3.43. The van der Waals surface area contributed by atoms with Gasteiger partial charge in [0.1, 0.15) is 0 Å². The fraction of sp³-hybridized carbons (Fsp3) is 0.818. The van der Waals surface area contributed by atoms with Crippen molar-refractivity contribution in [3.8, 4) is 0 Å². The Bertz CT molecular complexity index is 99.2. The molecule has 0 spiro atoms. The van der Waals surface area contributed by atoms with Gasteiger partial charge in [-0.15, -0.1) is 0 Å². The number of nitrogens with zero attached hydrogens (tertiary/aromatic N) is 1. The van der Waals surface area contributed by atoms with Crippen molar-refractivity contribution in [1.82, 2.24) is 4.90 Å². The highest BCUT2D eigenvalue weighted by atomic mass is 15.1. The van der Waals surface area contributed by atoms with E-state index in [1.165, 1.54) is 38.5 Å². The summed E-state index contributed by atoms with van der Waals surface area (Å²) >= 11 is 0. The maximum Gasteiger partial charge on any atom is 0.0169 e. The van der Waals surface area contributed by atoms with Gasteiger partial charge in [-0.1, -0.05) is 45.6 Å². The molecule has 0 N–H and O–H groups in total. The molecule has 0 aliphatic carbocycles. The monoisotopic (exact) mass is 169 g/mol. The van der Waals surface area contributed by atoms with Gasteiger partial charge in [0.25, 0.3) is 0 Å². The van der Waals surface area contributed by atoms with Gasteiger partial charge in [0.2, 0.25) is 0 Å². The minimum Gasteiger partial charge on any atom is -0.381 e. The van der Waals surface area contributed by atoms with Crippen LogP contribution < -0.4 is 0 Å². The molecule has 0 saturated carbocycles. The summed E-state index contributed by atoms with van der Waals surface area (Å²) in [6.45, 7) is 7.13. The first kappa shape index (κ1) is 11.5. The van der Waals surface area contributed by atoms with Crippen LogP contribution in [0.5, 0.6) is 0 Å². The van der Waals surface area contributed by atoms with Gasteiger partial charge >= 0.3 is 0 Å². The van der Waals surface area contributed by atoms with Crippen LogP contribution in [-0.4, -0.2) is 18.5 Å². The minimum absolute atomic E-state index is 1.16. The summed E-state index contributed by atoms with van der Waals surface area (Å²) in [5.74, 6) is 0. The van der Waals surface area contributed by atoms with E-state index in [4.69, 9.17) is 0 Å². The lowest BCUT2D eigenvalue weighted by Crippen LogP contribution is -2.11. The van der Waals surface area contributed by atoms with Crippen LogP contribution in [0.25, 0.3) is 0 Å². The maximum absolute atomic E-state index is 3.71. The zero-order valence-electron chi connectivity index (χ0n) is 8.68. The van der Waals surface area contributed by atoms with Crippen molar-refractivity contribution in [2.24, 2.45) is 0 Å². The van der Waals surface area contributed by atoms with E-state index in [9.17, 15) is 0 Å². The van der Waals surface area contributed by atoms with Crippen LogP contribution in [0.15, 0.2) is 12.8 Å². The lowest BCUT2D eigenvalue weighted by atomic mass is 10.1. The number of hydrogen-bond donors (Lipinski definition) is 0. The third kappa shape index (κ3) is 7.64. The molecule has 12 heavy (non-hydrogen) atoms. The summed E-state index contributed by atoms with van der Waals surface area (Å²) in [7, 11) is 2.08. The zero-order chi connectivity index (χ0) is 9.23. The van der Waals surface area contributed by atoms with Gasteiger partial charge in [-0.05, 0) is 12.6 Å². The summed E-state index contributed by atoms with van der Waals surface area (Å²) in [5.41, 5.74) is 0. The van der Waals surface area contributed by atoms with Gasteiger partial charge in [0, 0.05) is 13.6 Å². The predicted octanol–water partition coefficient (Wildman–Crippen LogP) is 3.42. The van der Waals surface area contributed by atoms with E-state index < -0.39 is 0 Å². The fourth-order valence-electron chi connectivity index (χ4n) is 1.23. The standard InChI is InChI=1S/C11H23N/c1-4-6-7-8-9-10-11-12(3)5-2/h5H,2,4,6-11H2,1,3H3. The van der Waals surface area contributed by atoms with E-state index in [1.807, 2.05) is 6.20 Å². The molecule has 0 aliphatic heterocycles. The van der Waals surface area contributed by atoms with Crippen LogP contribution in [0.4, 0.5) is 0 Å². The van der Waals surface area contributed by atoms with Crippen molar-refractivity contribution in [3.63, 3.8) is 0 Å².